The van der Waals surface area contributed by atoms with E-state index in [1.54, 1.807) is 0 Å². The summed E-state index contributed by atoms with van der Waals surface area (Å²) < 4.78 is 21.8. The number of aryl methyl sites for hydroxylation is 1. The van der Waals surface area contributed by atoms with Crippen LogP contribution in [0, 0.1) is 6.92 Å². The summed E-state index contributed by atoms with van der Waals surface area (Å²) in [5, 5.41) is 0. The van der Waals surface area contributed by atoms with Gasteiger partial charge in [-0.15, -0.1) is 0 Å². The van der Waals surface area contributed by atoms with Crippen LogP contribution in [0.4, 0.5) is 0 Å². The summed E-state index contributed by atoms with van der Waals surface area (Å²) >= 11 is 0. The molecule has 0 aliphatic carbocycles. The van der Waals surface area contributed by atoms with Crippen molar-refractivity contribution in [2.45, 2.75) is 31.5 Å². The number of hydrogen-bond acceptors (Lipinski definition) is 5. The van der Waals surface area contributed by atoms with Crippen molar-refractivity contribution in [3.63, 3.8) is 0 Å². The Balaban J connectivity index is 2.00. The minimum Gasteiger partial charge on any atom is -0.468 e. The van der Waals surface area contributed by atoms with Crippen molar-refractivity contribution in [2.75, 3.05) is 33.5 Å². The third-order valence-corrected chi connectivity index (χ3v) is 4.63. The van der Waals surface area contributed by atoms with E-state index >= 15 is 0 Å². The van der Waals surface area contributed by atoms with Gasteiger partial charge in [0.2, 0.25) is 0 Å². The van der Waals surface area contributed by atoms with Gasteiger partial charge in [0.05, 0.1) is 25.7 Å². The van der Waals surface area contributed by atoms with E-state index in [-0.39, 0.29) is 12.3 Å². The summed E-state index contributed by atoms with van der Waals surface area (Å²) in [5.74, 6) is -0.195. The van der Waals surface area contributed by atoms with Crippen molar-refractivity contribution >= 4 is 5.97 Å². The second-order valence-corrected chi connectivity index (χ2v) is 5.83. The van der Waals surface area contributed by atoms with Gasteiger partial charge < -0.3 is 18.9 Å². The van der Waals surface area contributed by atoms with Gasteiger partial charge in [0.25, 0.3) is 0 Å². The zero-order valence-corrected chi connectivity index (χ0v) is 13.1. The predicted molar refractivity (Wildman–Crippen MR) is 79.6 cm³/mol. The molecule has 0 aromatic heterocycles. The van der Waals surface area contributed by atoms with E-state index in [0.29, 0.717) is 39.3 Å². The van der Waals surface area contributed by atoms with Crippen LogP contribution in [0.15, 0.2) is 18.2 Å². The minimum atomic E-state index is -0.631. The molecule has 2 aliphatic rings. The Morgan fingerprint density at radius 3 is 2.50 bits per heavy atom. The van der Waals surface area contributed by atoms with Crippen molar-refractivity contribution in [2.24, 2.45) is 0 Å². The Bertz CT molecular complexity index is 542. The molecular formula is C17H22O5. The van der Waals surface area contributed by atoms with E-state index in [9.17, 15) is 4.79 Å². The second-order valence-electron chi connectivity index (χ2n) is 5.83. The number of ether oxygens (including phenoxy) is 4. The molecule has 1 aromatic carbocycles. The summed E-state index contributed by atoms with van der Waals surface area (Å²) in [5.41, 5.74) is 2.42. The maximum absolute atomic E-state index is 12.5. The lowest BCUT2D eigenvalue weighted by molar-refractivity contribution is -0.151. The van der Waals surface area contributed by atoms with Gasteiger partial charge in [0.15, 0.2) is 6.29 Å². The highest BCUT2D eigenvalue weighted by molar-refractivity contribution is 5.83. The lowest BCUT2D eigenvalue weighted by Gasteiger charge is -2.35. The zero-order chi connectivity index (χ0) is 15.6. The molecule has 0 amide bonds. The molecule has 2 fully saturated rings. The van der Waals surface area contributed by atoms with Crippen molar-refractivity contribution in [1.29, 1.82) is 0 Å². The Kier molecular flexibility index (Phi) is 4.47. The number of esters is 1. The molecule has 2 aliphatic heterocycles. The number of carbonyl (C=O) groups is 1. The summed E-state index contributed by atoms with van der Waals surface area (Å²) in [6.45, 7) is 4.36. The lowest BCUT2D eigenvalue weighted by Crippen LogP contribution is -2.42. The monoisotopic (exact) mass is 306 g/mol. The number of methoxy groups -OCH3 is 1. The standard InChI is InChI=1S/C17H22O5/c1-12-3-4-13(11-14(12)15-21-9-10-22-15)17(16(18)19-2)5-7-20-8-6-17/h3-4,11,15H,5-10H2,1-2H3. The second kappa shape index (κ2) is 6.36. The summed E-state index contributed by atoms with van der Waals surface area (Å²) in [7, 11) is 1.44. The maximum Gasteiger partial charge on any atom is 0.316 e. The number of benzene rings is 1. The highest BCUT2D eigenvalue weighted by Gasteiger charge is 2.43. The van der Waals surface area contributed by atoms with Crippen LogP contribution in [0.5, 0.6) is 0 Å². The van der Waals surface area contributed by atoms with E-state index in [4.69, 9.17) is 18.9 Å². The van der Waals surface area contributed by atoms with Gasteiger partial charge in [-0.3, -0.25) is 4.79 Å². The normalized spacial score (nSPS) is 21.7. The number of rotatable bonds is 3. The van der Waals surface area contributed by atoms with Gasteiger partial charge in [-0.2, -0.15) is 0 Å². The molecule has 120 valence electrons. The van der Waals surface area contributed by atoms with Gasteiger partial charge in [0.1, 0.15) is 0 Å². The zero-order valence-electron chi connectivity index (χ0n) is 13.1. The highest BCUT2D eigenvalue weighted by atomic mass is 16.7. The molecule has 5 heteroatoms. The molecule has 5 nitrogen and oxygen atoms in total. The van der Waals surface area contributed by atoms with Crippen LogP contribution in [0.25, 0.3) is 0 Å². The van der Waals surface area contributed by atoms with Crippen LogP contribution < -0.4 is 0 Å². The molecule has 1 aromatic rings. The van der Waals surface area contributed by atoms with Crippen LogP contribution in [0.2, 0.25) is 0 Å². The lowest BCUT2D eigenvalue weighted by atomic mass is 9.73. The minimum absolute atomic E-state index is 0.195. The van der Waals surface area contributed by atoms with Crippen molar-refractivity contribution in [3.05, 3.63) is 34.9 Å². The third-order valence-electron chi connectivity index (χ3n) is 4.63. The fraction of sp³-hybridized carbons (Fsp3) is 0.588. The third kappa shape index (κ3) is 2.64. The largest absolute Gasteiger partial charge is 0.468 e. The maximum atomic E-state index is 12.5. The molecular weight excluding hydrogens is 284 g/mol. The van der Waals surface area contributed by atoms with Crippen LogP contribution in [0.1, 0.15) is 35.8 Å². The molecule has 0 radical (unpaired) electrons. The molecule has 2 saturated heterocycles. The number of carbonyl (C=O) groups excluding carboxylic acids is 1. The Labute approximate surface area is 130 Å². The van der Waals surface area contributed by atoms with E-state index in [1.807, 2.05) is 25.1 Å². The molecule has 0 saturated carbocycles. The van der Waals surface area contributed by atoms with Gasteiger partial charge in [-0.1, -0.05) is 12.1 Å². The van der Waals surface area contributed by atoms with E-state index in [0.717, 1.165) is 16.7 Å². The Morgan fingerprint density at radius 1 is 1.18 bits per heavy atom. The smallest absolute Gasteiger partial charge is 0.316 e. The van der Waals surface area contributed by atoms with Crippen LogP contribution in [-0.2, 0) is 29.2 Å². The van der Waals surface area contributed by atoms with E-state index in [1.165, 1.54) is 7.11 Å². The summed E-state index contributed by atoms with van der Waals surface area (Å²) in [4.78, 5) is 12.5. The van der Waals surface area contributed by atoms with Gasteiger partial charge in [0, 0.05) is 18.8 Å². The predicted octanol–water partition coefficient (Wildman–Crippen LogP) is 2.26. The van der Waals surface area contributed by atoms with Crippen molar-refractivity contribution in [1.82, 2.24) is 0 Å². The van der Waals surface area contributed by atoms with E-state index in [2.05, 4.69) is 0 Å². The first-order valence-electron chi connectivity index (χ1n) is 7.68. The van der Waals surface area contributed by atoms with Crippen molar-refractivity contribution < 1.29 is 23.7 Å². The molecule has 0 spiro atoms. The fourth-order valence-electron chi connectivity index (χ4n) is 3.26. The fourth-order valence-corrected chi connectivity index (χ4v) is 3.26. The molecule has 0 bridgehead atoms. The summed E-state index contributed by atoms with van der Waals surface area (Å²) in [6.07, 6.45) is 0.929. The molecule has 0 N–H and O–H groups in total. The van der Waals surface area contributed by atoms with Gasteiger partial charge in [-0.25, -0.2) is 0 Å². The average molecular weight is 306 g/mol. The van der Waals surface area contributed by atoms with Crippen LogP contribution in [-0.4, -0.2) is 39.5 Å². The Hall–Kier alpha value is -1.43. The topological polar surface area (TPSA) is 54.0 Å². The summed E-state index contributed by atoms with van der Waals surface area (Å²) in [6, 6.07) is 6.07. The first kappa shape index (κ1) is 15.5. The average Bonchev–Trinajstić information content (AvgIpc) is 3.09. The molecule has 22 heavy (non-hydrogen) atoms. The first-order valence-corrected chi connectivity index (χ1v) is 7.68. The first-order chi connectivity index (χ1) is 10.7. The van der Waals surface area contributed by atoms with Gasteiger partial charge >= 0.3 is 5.97 Å². The molecule has 0 atom stereocenters. The van der Waals surface area contributed by atoms with Crippen molar-refractivity contribution in [3.8, 4) is 0 Å². The van der Waals surface area contributed by atoms with Crippen LogP contribution in [0.3, 0.4) is 0 Å². The van der Waals surface area contributed by atoms with E-state index < -0.39 is 5.41 Å². The van der Waals surface area contributed by atoms with Gasteiger partial charge in [-0.05, 0) is 37.0 Å². The molecule has 0 unspecified atom stereocenters. The number of hydrogen-bond donors (Lipinski definition) is 0. The Morgan fingerprint density at radius 2 is 1.86 bits per heavy atom. The quantitative estimate of drug-likeness (QED) is 0.802. The van der Waals surface area contributed by atoms with Crippen LogP contribution >= 0.6 is 0 Å². The SMILES string of the molecule is COC(=O)C1(c2ccc(C)c(C3OCCO3)c2)CCOCC1. The molecule has 2 heterocycles. The molecule has 3 rings (SSSR count). The highest BCUT2D eigenvalue weighted by Crippen LogP contribution is 2.38.